The first-order valence-electron chi connectivity index (χ1n) is 6.46. The summed E-state index contributed by atoms with van der Waals surface area (Å²) in [5.41, 5.74) is 3.23. The molecule has 0 aliphatic heterocycles. The van der Waals surface area contributed by atoms with Gasteiger partial charge in [0.1, 0.15) is 11.6 Å². The van der Waals surface area contributed by atoms with Crippen LogP contribution >= 0.6 is 0 Å². The maximum absolute atomic E-state index is 13.5. The molecule has 3 rings (SSSR count). The summed E-state index contributed by atoms with van der Waals surface area (Å²) in [6.07, 6.45) is 1.94. The van der Waals surface area contributed by atoms with E-state index < -0.39 is 11.6 Å². The largest absolute Gasteiger partial charge is 0.309 e. The lowest BCUT2D eigenvalue weighted by atomic mass is 10.1. The summed E-state index contributed by atoms with van der Waals surface area (Å²) in [6, 6.07) is 12.4. The van der Waals surface area contributed by atoms with Gasteiger partial charge in [-0.15, -0.1) is 0 Å². The Morgan fingerprint density at radius 1 is 1.00 bits per heavy atom. The van der Waals surface area contributed by atoms with Crippen LogP contribution in [0.5, 0.6) is 0 Å². The van der Waals surface area contributed by atoms with E-state index in [4.69, 9.17) is 0 Å². The molecule has 0 saturated carbocycles. The first kappa shape index (κ1) is 12.3. The van der Waals surface area contributed by atoms with Gasteiger partial charge in [0.2, 0.25) is 0 Å². The highest BCUT2D eigenvalue weighted by molar-refractivity contribution is 5.33. The predicted molar refractivity (Wildman–Crippen MR) is 70.8 cm³/mol. The van der Waals surface area contributed by atoms with Crippen molar-refractivity contribution in [2.75, 3.05) is 0 Å². The van der Waals surface area contributed by atoms with E-state index in [9.17, 15) is 8.78 Å². The molecule has 0 heterocycles. The average Bonchev–Trinajstić information content (AvgIpc) is 2.80. The third-order valence-corrected chi connectivity index (χ3v) is 3.65. The van der Waals surface area contributed by atoms with Gasteiger partial charge in [-0.25, -0.2) is 8.78 Å². The second-order valence-electron chi connectivity index (χ2n) is 4.99. The van der Waals surface area contributed by atoms with Crippen LogP contribution in [0.25, 0.3) is 0 Å². The SMILES string of the molecule is Fc1ccc(CNC2Cc3ccccc3C2)c(F)c1. The highest BCUT2D eigenvalue weighted by Crippen LogP contribution is 2.22. The number of benzene rings is 2. The van der Waals surface area contributed by atoms with Gasteiger partial charge in [-0.2, -0.15) is 0 Å². The number of hydrogen-bond donors (Lipinski definition) is 1. The Morgan fingerprint density at radius 2 is 1.68 bits per heavy atom. The summed E-state index contributed by atoms with van der Waals surface area (Å²) in [7, 11) is 0. The molecule has 0 bridgehead atoms. The Balaban J connectivity index is 1.63. The molecule has 1 nitrogen and oxygen atoms in total. The van der Waals surface area contributed by atoms with Crippen LogP contribution in [0.3, 0.4) is 0 Å². The molecule has 0 saturated heterocycles. The normalized spacial score (nSPS) is 14.6. The Kier molecular flexibility index (Phi) is 3.30. The first-order chi connectivity index (χ1) is 9.22. The van der Waals surface area contributed by atoms with Crippen LogP contribution in [-0.4, -0.2) is 6.04 Å². The van der Waals surface area contributed by atoms with Gasteiger partial charge < -0.3 is 5.32 Å². The topological polar surface area (TPSA) is 12.0 Å². The van der Waals surface area contributed by atoms with E-state index in [1.165, 1.54) is 23.3 Å². The maximum Gasteiger partial charge on any atom is 0.130 e. The molecule has 98 valence electrons. The molecule has 2 aromatic carbocycles. The molecule has 19 heavy (non-hydrogen) atoms. The van der Waals surface area contributed by atoms with Crippen LogP contribution in [0.15, 0.2) is 42.5 Å². The summed E-state index contributed by atoms with van der Waals surface area (Å²) in [5, 5.41) is 3.34. The first-order valence-corrected chi connectivity index (χ1v) is 6.46. The lowest BCUT2D eigenvalue weighted by Gasteiger charge is -2.12. The van der Waals surface area contributed by atoms with Crippen molar-refractivity contribution in [3.63, 3.8) is 0 Å². The van der Waals surface area contributed by atoms with E-state index >= 15 is 0 Å². The van der Waals surface area contributed by atoms with E-state index in [0.717, 1.165) is 18.9 Å². The third kappa shape index (κ3) is 2.66. The molecule has 2 aromatic rings. The van der Waals surface area contributed by atoms with Crippen LogP contribution in [-0.2, 0) is 19.4 Å². The van der Waals surface area contributed by atoms with Crippen LogP contribution in [0.2, 0.25) is 0 Å². The summed E-state index contributed by atoms with van der Waals surface area (Å²) in [5.74, 6) is -1.02. The van der Waals surface area contributed by atoms with Crippen molar-refractivity contribution in [3.8, 4) is 0 Å². The standard InChI is InChI=1S/C16H15F2N/c17-14-6-5-13(16(18)9-14)10-19-15-7-11-3-1-2-4-12(11)8-15/h1-6,9,15,19H,7-8,10H2. The van der Waals surface area contributed by atoms with E-state index in [0.29, 0.717) is 18.2 Å². The van der Waals surface area contributed by atoms with E-state index in [-0.39, 0.29) is 0 Å². The molecule has 3 heteroatoms. The average molecular weight is 259 g/mol. The molecule has 1 N–H and O–H groups in total. The Bertz CT molecular complexity index is 570. The Morgan fingerprint density at radius 3 is 2.32 bits per heavy atom. The van der Waals surface area contributed by atoms with Gasteiger partial charge in [-0.3, -0.25) is 0 Å². The molecule has 0 atom stereocenters. The minimum atomic E-state index is -0.533. The summed E-state index contributed by atoms with van der Waals surface area (Å²) >= 11 is 0. The van der Waals surface area contributed by atoms with E-state index in [2.05, 4.69) is 17.4 Å². The van der Waals surface area contributed by atoms with E-state index in [1.807, 2.05) is 12.1 Å². The van der Waals surface area contributed by atoms with Crippen LogP contribution in [0.4, 0.5) is 8.78 Å². The quantitative estimate of drug-likeness (QED) is 0.892. The van der Waals surface area contributed by atoms with Crippen LogP contribution in [0.1, 0.15) is 16.7 Å². The maximum atomic E-state index is 13.5. The third-order valence-electron chi connectivity index (χ3n) is 3.65. The molecule has 1 aliphatic rings. The highest BCUT2D eigenvalue weighted by Gasteiger charge is 2.20. The molecular weight excluding hydrogens is 244 g/mol. The molecule has 0 amide bonds. The molecule has 0 spiro atoms. The van der Waals surface area contributed by atoms with Gasteiger partial charge in [0.05, 0.1) is 0 Å². The minimum absolute atomic E-state index is 0.335. The zero-order valence-electron chi connectivity index (χ0n) is 10.5. The number of fused-ring (bicyclic) bond motifs is 1. The fraction of sp³-hybridized carbons (Fsp3) is 0.250. The fourth-order valence-corrected chi connectivity index (χ4v) is 2.62. The van der Waals surface area contributed by atoms with Gasteiger partial charge in [0.25, 0.3) is 0 Å². The van der Waals surface area contributed by atoms with E-state index in [1.54, 1.807) is 0 Å². The van der Waals surface area contributed by atoms with Gasteiger partial charge in [0, 0.05) is 24.2 Å². The van der Waals surface area contributed by atoms with Gasteiger partial charge >= 0.3 is 0 Å². The van der Waals surface area contributed by atoms with Gasteiger partial charge in [0.15, 0.2) is 0 Å². The Hall–Kier alpha value is -1.74. The van der Waals surface area contributed by atoms with Crippen molar-refractivity contribution >= 4 is 0 Å². The highest BCUT2D eigenvalue weighted by atomic mass is 19.1. The number of nitrogens with one attached hydrogen (secondary N) is 1. The van der Waals surface area contributed by atoms with Gasteiger partial charge in [-0.05, 0) is 30.0 Å². The summed E-state index contributed by atoms with van der Waals surface area (Å²) < 4.78 is 26.3. The monoisotopic (exact) mass is 259 g/mol. The van der Waals surface area contributed by atoms with Gasteiger partial charge in [-0.1, -0.05) is 30.3 Å². The number of halogens is 2. The smallest absolute Gasteiger partial charge is 0.130 e. The van der Waals surface area contributed by atoms with Crippen molar-refractivity contribution in [1.29, 1.82) is 0 Å². The zero-order chi connectivity index (χ0) is 13.2. The number of hydrogen-bond acceptors (Lipinski definition) is 1. The van der Waals surface area contributed by atoms with Crippen LogP contribution in [0, 0.1) is 11.6 Å². The van der Waals surface area contributed by atoms with Crippen molar-refractivity contribution in [2.24, 2.45) is 0 Å². The fourth-order valence-electron chi connectivity index (χ4n) is 2.62. The van der Waals surface area contributed by atoms with Crippen molar-refractivity contribution in [1.82, 2.24) is 5.32 Å². The minimum Gasteiger partial charge on any atom is -0.309 e. The molecule has 0 unspecified atom stereocenters. The molecule has 0 aromatic heterocycles. The molecule has 0 radical (unpaired) electrons. The Labute approximate surface area is 111 Å². The van der Waals surface area contributed by atoms with Crippen molar-refractivity contribution in [3.05, 3.63) is 70.8 Å². The summed E-state index contributed by atoms with van der Waals surface area (Å²) in [6.45, 7) is 0.435. The lowest BCUT2D eigenvalue weighted by molar-refractivity contribution is 0.511. The zero-order valence-corrected chi connectivity index (χ0v) is 10.5. The lowest BCUT2D eigenvalue weighted by Crippen LogP contribution is -2.29. The summed E-state index contributed by atoms with van der Waals surface area (Å²) in [4.78, 5) is 0. The van der Waals surface area contributed by atoms with Crippen LogP contribution < -0.4 is 5.32 Å². The number of rotatable bonds is 3. The molecule has 0 fully saturated rings. The van der Waals surface area contributed by atoms with Crippen molar-refractivity contribution in [2.45, 2.75) is 25.4 Å². The van der Waals surface area contributed by atoms with Crippen molar-refractivity contribution < 1.29 is 8.78 Å². The predicted octanol–water partition coefficient (Wildman–Crippen LogP) is 3.22. The second-order valence-corrected chi connectivity index (χ2v) is 4.99. The second kappa shape index (κ2) is 5.10. The molecular formula is C16H15F2N. The molecule has 1 aliphatic carbocycles.